The van der Waals surface area contributed by atoms with E-state index in [0.29, 0.717) is 6.42 Å². The number of hydrogen-bond donors (Lipinski definition) is 3. The summed E-state index contributed by atoms with van der Waals surface area (Å²) in [5, 5.41) is 8.85. The van der Waals surface area contributed by atoms with Gasteiger partial charge in [0.15, 0.2) is 0 Å². The van der Waals surface area contributed by atoms with Crippen LogP contribution in [-0.4, -0.2) is 21.5 Å². The molecule has 5 nitrogen and oxygen atoms in total. The lowest BCUT2D eigenvalue weighted by molar-refractivity contribution is 0.232. The third-order valence-corrected chi connectivity index (χ3v) is 5.05. The summed E-state index contributed by atoms with van der Waals surface area (Å²) in [6.07, 6.45) is 21.0. The molecule has 0 aliphatic rings. The molecule has 26 heavy (non-hydrogen) atoms. The Labute approximate surface area is 160 Å². The number of hydrogen-bond acceptors (Lipinski definition) is 3. The zero-order valence-corrected chi connectivity index (χ0v) is 17.6. The van der Waals surface area contributed by atoms with Crippen LogP contribution in [0.2, 0.25) is 0 Å². The fraction of sp³-hybridized carbons (Fsp3) is 0.900. The lowest BCUT2D eigenvalue weighted by Crippen LogP contribution is -1.93. The van der Waals surface area contributed by atoms with Gasteiger partial charge in [-0.25, -0.2) is 4.57 Å². The largest absolute Gasteiger partial charge is 0.524 e. The lowest BCUT2D eigenvalue weighted by atomic mass is 10.0. The third kappa shape index (κ3) is 20.0. The van der Waals surface area contributed by atoms with Crippen LogP contribution in [0.5, 0.6) is 0 Å². The second-order valence-corrected chi connectivity index (χ2v) is 8.30. The molecule has 0 fully saturated rings. The number of unbranched alkanes of at least 4 members (excludes halogenated alkanes) is 14. The molecule has 0 spiro atoms. The van der Waals surface area contributed by atoms with Crippen LogP contribution in [0, 0.1) is 0 Å². The minimum absolute atomic E-state index is 0.190. The zero-order valence-electron chi connectivity index (χ0n) is 16.7. The van der Waals surface area contributed by atoms with E-state index in [0.717, 1.165) is 19.3 Å². The molecular weight excluding hydrogens is 351 g/mol. The lowest BCUT2D eigenvalue weighted by Gasteiger charge is -2.10. The molecule has 0 unspecified atom stereocenters. The van der Waals surface area contributed by atoms with Gasteiger partial charge in [0.2, 0.25) is 0 Å². The number of rotatable bonds is 19. The molecular formula is C20H41O5P. The van der Waals surface area contributed by atoms with Gasteiger partial charge in [-0.15, -0.1) is 0 Å². The van der Waals surface area contributed by atoms with Crippen molar-refractivity contribution in [1.82, 2.24) is 0 Å². The second kappa shape index (κ2) is 18.0. The highest BCUT2D eigenvalue weighted by Gasteiger charge is 2.17. The molecule has 0 rings (SSSR count). The van der Waals surface area contributed by atoms with Crippen LogP contribution >= 0.6 is 7.82 Å². The Morgan fingerprint density at radius 3 is 1.50 bits per heavy atom. The van der Waals surface area contributed by atoms with Crippen LogP contribution < -0.4 is 0 Å². The summed E-state index contributed by atoms with van der Waals surface area (Å²) in [4.78, 5) is 17.6. The summed E-state index contributed by atoms with van der Waals surface area (Å²) in [7, 11) is -4.52. The molecule has 0 bridgehead atoms. The van der Waals surface area contributed by atoms with Gasteiger partial charge in [-0.05, 0) is 12.5 Å². The maximum absolute atomic E-state index is 10.8. The Morgan fingerprint density at radius 2 is 1.15 bits per heavy atom. The SMILES string of the molecule is CCCCCCCCCCCCCCCCCC(=CCO)OP(=O)(O)O. The van der Waals surface area contributed by atoms with Crippen LogP contribution in [-0.2, 0) is 9.09 Å². The van der Waals surface area contributed by atoms with E-state index in [2.05, 4.69) is 11.4 Å². The highest BCUT2D eigenvalue weighted by molar-refractivity contribution is 7.46. The monoisotopic (exact) mass is 392 g/mol. The normalized spacial score (nSPS) is 12.5. The Balaban J connectivity index is 3.37. The van der Waals surface area contributed by atoms with Crippen molar-refractivity contribution in [2.24, 2.45) is 0 Å². The van der Waals surface area contributed by atoms with Crippen molar-refractivity contribution in [2.45, 2.75) is 110 Å². The smallest absolute Gasteiger partial charge is 0.409 e. The minimum atomic E-state index is -4.52. The Bertz CT molecular complexity index is 378. The number of aliphatic hydroxyl groups excluding tert-OH is 1. The predicted octanol–water partition coefficient (Wildman–Crippen LogP) is 6.23. The van der Waals surface area contributed by atoms with Crippen LogP contribution in [0.15, 0.2) is 11.8 Å². The van der Waals surface area contributed by atoms with Gasteiger partial charge in [0.05, 0.1) is 6.61 Å². The van der Waals surface area contributed by atoms with Gasteiger partial charge in [-0.2, -0.15) is 0 Å². The van der Waals surface area contributed by atoms with E-state index in [1.807, 2.05) is 0 Å². The summed E-state index contributed by atoms with van der Waals surface area (Å²) in [6, 6.07) is 0. The average molecular weight is 393 g/mol. The van der Waals surface area contributed by atoms with Crippen molar-refractivity contribution in [3.05, 3.63) is 11.8 Å². The molecule has 0 aromatic heterocycles. The topological polar surface area (TPSA) is 87.0 Å². The van der Waals surface area contributed by atoms with Gasteiger partial charge in [0.25, 0.3) is 0 Å². The molecule has 156 valence electrons. The first-order valence-electron chi connectivity index (χ1n) is 10.5. The first-order chi connectivity index (χ1) is 12.5. The molecule has 0 radical (unpaired) electrons. The van der Waals surface area contributed by atoms with Gasteiger partial charge < -0.3 is 9.63 Å². The molecule has 0 aliphatic carbocycles. The highest BCUT2D eigenvalue weighted by Crippen LogP contribution is 2.40. The van der Waals surface area contributed by atoms with Crippen LogP contribution in [0.25, 0.3) is 0 Å². The van der Waals surface area contributed by atoms with E-state index in [-0.39, 0.29) is 12.4 Å². The third-order valence-electron chi connectivity index (χ3n) is 4.58. The summed E-state index contributed by atoms with van der Waals surface area (Å²) < 4.78 is 15.4. The number of phosphoric acid groups is 1. The summed E-state index contributed by atoms with van der Waals surface area (Å²) in [5.74, 6) is 0.190. The van der Waals surface area contributed by atoms with Crippen molar-refractivity contribution in [2.75, 3.05) is 6.61 Å². The van der Waals surface area contributed by atoms with Gasteiger partial charge in [0.1, 0.15) is 5.76 Å². The summed E-state index contributed by atoms with van der Waals surface area (Å²) in [6.45, 7) is 1.99. The number of allylic oxidation sites excluding steroid dienone is 1. The Kier molecular flexibility index (Phi) is 17.8. The second-order valence-electron chi connectivity index (χ2n) is 7.13. The molecule has 0 aliphatic heterocycles. The zero-order chi connectivity index (χ0) is 19.5. The number of aliphatic hydroxyl groups is 1. The van der Waals surface area contributed by atoms with E-state index in [1.165, 1.54) is 83.1 Å². The van der Waals surface area contributed by atoms with Crippen LogP contribution in [0.1, 0.15) is 110 Å². The first kappa shape index (κ1) is 25.6. The molecule has 0 saturated heterocycles. The van der Waals surface area contributed by atoms with E-state index in [4.69, 9.17) is 14.9 Å². The Morgan fingerprint density at radius 1 is 0.769 bits per heavy atom. The molecule has 0 heterocycles. The average Bonchev–Trinajstić information content (AvgIpc) is 2.57. The van der Waals surface area contributed by atoms with E-state index in [1.54, 1.807) is 0 Å². The van der Waals surface area contributed by atoms with Gasteiger partial charge in [0, 0.05) is 6.42 Å². The maximum Gasteiger partial charge on any atom is 0.524 e. The maximum atomic E-state index is 10.8. The fourth-order valence-corrected chi connectivity index (χ4v) is 3.58. The predicted molar refractivity (Wildman–Crippen MR) is 108 cm³/mol. The van der Waals surface area contributed by atoms with Crippen molar-refractivity contribution in [3.8, 4) is 0 Å². The minimum Gasteiger partial charge on any atom is -0.409 e. The number of phosphoric ester groups is 1. The highest BCUT2D eigenvalue weighted by atomic mass is 31.2. The van der Waals surface area contributed by atoms with Gasteiger partial charge in [-0.3, -0.25) is 9.79 Å². The fourth-order valence-electron chi connectivity index (χ4n) is 3.11. The molecule has 3 N–H and O–H groups in total. The van der Waals surface area contributed by atoms with Crippen molar-refractivity contribution in [1.29, 1.82) is 0 Å². The molecule has 0 aromatic carbocycles. The van der Waals surface area contributed by atoms with E-state index < -0.39 is 7.82 Å². The van der Waals surface area contributed by atoms with Crippen molar-refractivity contribution >= 4 is 7.82 Å². The molecule has 0 saturated carbocycles. The van der Waals surface area contributed by atoms with Crippen LogP contribution in [0.4, 0.5) is 0 Å². The summed E-state index contributed by atoms with van der Waals surface area (Å²) in [5.41, 5.74) is 0. The summed E-state index contributed by atoms with van der Waals surface area (Å²) >= 11 is 0. The van der Waals surface area contributed by atoms with Crippen LogP contribution in [0.3, 0.4) is 0 Å². The standard InChI is InChI=1S/C20H41O5P/c1-2-3-4-5-6-7-8-9-10-11-12-13-14-15-16-17-20(18-19-21)25-26(22,23)24/h18,21H,2-17,19H2,1H3,(H2,22,23,24). The molecule has 0 aromatic rings. The van der Waals surface area contributed by atoms with E-state index >= 15 is 0 Å². The van der Waals surface area contributed by atoms with E-state index in [9.17, 15) is 4.57 Å². The molecule has 0 atom stereocenters. The van der Waals surface area contributed by atoms with Gasteiger partial charge in [-0.1, -0.05) is 96.8 Å². The van der Waals surface area contributed by atoms with Crippen molar-refractivity contribution < 1.29 is 24.0 Å². The molecule has 6 heteroatoms. The molecule has 0 amide bonds. The van der Waals surface area contributed by atoms with Crippen molar-refractivity contribution in [3.63, 3.8) is 0 Å². The quantitative estimate of drug-likeness (QED) is 0.138. The Hall–Kier alpha value is -0.350. The first-order valence-corrected chi connectivity index (χ1v) is 12.1. The van der Waals surface area contributed by atoms with Gasteiger partial charge >= 0.3 is 7.82 Å².